The first-order chi connectivity index (χ1) is 21.7. The number of sulfone groups is 1. The Hall–Kier alpha value is -3.54. The fourth-order valence-electron chi connectivity index (χ4n) is 5.91. The summed E-state index contributed by atoms with van der Waals surface area (Å²) in [5, 5.41) is 0. The number of carbonyl (C=O) groups excluding carboxylic acids is 1. The molecule has 2 atom stereocenters. The van der Waals surface area contributed by atoms with E-state index < -0.39 is 27.7 Å². The Labute approximate surface area is 290 Å². The van der Waals surface area contributed by atoms with Crippen LogP contribution in [-0.4, -0.2) is 86.3 Å². The van der Waals surface area contributed by atoms with E-state index in [4.69, 9.17) is 9.73 Å². The standard InChI is InChI=1S/C35H42F2N4O4S.CH4.ClH/c1-6-45-30-23-26(35(2,3)4)11-16-29(30)33-38-31(24-7-12-27(36)13-8-24)32(25-9-14-28(37)15-10-25)41(33)34(42)40-19-17-39(18-20-40)21-22-46(5,43)44;;/h7-16,23,31-32H,6,17-22H2,1-5H3;1H4;1H/t31-,32+;;/m0../s1. The van der Waals surface area contributed by atoms with E-state index in [1.165, 1.54) is 30.5 Å². The number of urea groups is 1. The monoisotopic (exact) mass is 704 g/mol. The van der Waals surface area contributed by atoms with Crippen LogP contribution >= 0.6 is 12.4 Å². The average Bonchev–Trinajstić information content (AvgIpc) is 3.40. The Kier molecular flexibility index (Phi) is 12.8. The smallest absolute Gasteiger partial charge is 0.326 e. The van der Waals surface area contributed by atoms with Crippen molar-refractivity contribution in [2.75, 3.05) is 51.3 Å². The van der Waals surface area contributed by atoms with Crippen LogP contribution < -0.4 is 4.74 Å². The second-order valence-electron chi connectivity index (χ2n) is 13.0. The van der Waals surface area contributed by atoms with Crippen molar-refractivity contribution in [3.8, 4) is 5.75 Å². The van der Waals surface area contributed by atoms with Gasteiger partial charge >= 0.3 is 6.03 Å². The Morgan fingerprint density at radius 2 is 1.48 bits per heavy atom. The zero-order chi connectivity index (χ0) is 33.2. The predicted octanol–water partition coefficient (Wildman–Crippen LogP) is 7.05. The molecule has 12 heteroatoms. The maximum atomic E-state index is 14.7. The molecule has 0 N–H and O–H groups in total. The summed E-state index contributed by atoms with van der Waals surface area (Å²) in [6.45, 7) is 10.9. The van der Waals surface area contributed by atoms with Gasteiger partial charge in [0.05, 0.1) is 24.0 Å². The molecule has 2 aliphatic heterocycles. The number of ether oxygens (including phenoxy) is 1. The van der Waals surface area contributed by atoms with Crippen LogP contribution in [0.2, 0.25) is 0 Å². The van der Waals surface area contributed by atoms with Gasteiger partial charge in [0.15, 0.2) is 0 Å². The summed E-state index contributed by atoms with van der Waals surface area (Å²) in [4.78, 5) is 25.3. The quantitative estimate of drug-likeness (QED) is 0.251. The van der Waals surface area contributed by atoms with Gasteiger partial charge in [-0.1, -0.05) is 58.5 Å². The molecule has 0 unspecified atom stereocenters. The molecule has 0 bridgehead atoms. The summed E-state index contributed by atoms with van der Waals surface area (Å²) >= 11 is 0. The van der Waals surface area contributed by atoms with Crippen LogP contribution in [0.4, 0.5) is 13.6 Å². The molecule has 0 aliphatic carbocycles. The topological polar surface area (TPSA) is 82.5 Å². The first-order valence-corrected chi connectivity index (χ1v) is 17.7. The molecule has 8 nitrogen and oxygen atoms in total. The molecule has 0 radical (unpaired) electrons. The molecular formula is C36H47ClF2N4O4S. The zero-order valence-electron chi connectivity index (χ0n) is 27.4. The van der Waals surface area contributed by atoms with Crippen molar-refractivity contribution in [2.24, 2.45) is 4.99 Å². The van der Waals surface area contributed by atoms with Gasteiger partial charge in [-0.15, -0.1) is 12.4 Å². The molecule has 0 aromatic heterocycles. The van der Waals surface area contributed by atoms with Gasteiger partial charge in [-0.05, 0) is 65.4 Å². The zero-order valence-corrected chi connectivity index (χ0v) is 29.1. The highest BCUT2D eigenvalue weighted by molar-refractivity contribution is 7.90. The van der Waals surface area contributed by atoms with Gasteiger partial charge in [0.1, 0.15) is 39.1 Å². The highest BCUT2D eigenvalue weighted by Gasteiger charge is 2.45. The average molecular weight is 705 g/mol. The Morgan fingerprint density at radius 1 is 0.917 bits per heavy atom. The molecule has 48 heavy (non-hydrogen) atoms. The Morgan fingerprint density at radius 3 is 2.00 bits per heavy atom. The summed E-state index contributed by atoms with van der Waals surface area (Å²) in [7, 11) is -3.11. The van der Waals surface area contributed by atoms with E-state index >= 15 is 0 Å². The van der Waals surface area contributed by atoms with E-state index in [9.17, 15) is 22.0 Å². The molecule has 0 spiro atoms. The molecular weight excluding hydrogens is 658 g/mol. The number of aliphatic imine (C=N–C) groups is 1. The van der Waals surface area contributed by atoms with Crippen molar-refractivity contribution in [1.29, 1.82) is 0 Å². The van der Waals surface area contributed by atoms with Gasteiger partial charge in [-0.3, -0.25) is 14.8 Å². The fourth-order valence-corrected chi connectivity index (χ4v) is 6.50. The Bertz CT molecular complexity index is 1690. The van der Waals surface area contributed by atoms with Gasteiger partial charge < -0.3 is 9.64 Å². The van der Waals surface area contributed by atoms with Crippen molar-refractivity contribution >= 4 is 34.1 Å². The molecule has 0 saturated carbocycles. The van der Waals surface area contributed by atoms with Gasteiger partial charge in [0.25, 0.3) is 0 Å². The van der Waals surface area contributed by atoms with Crippen molar-refractivity contribution in [3.05, 3.63) is 101 Å². The molecule has 1 fully saturated rings. The number of nitrogens with zero attached hydrogens (tertiary/aromatic N) is 4. The third-order valence-electron chi connectivity index (χ3n) is 8.51. The van der Waals surface area contributed by atoms with Crippen LogP contribution in [0.3, 0.4) is 0 Å². The van der Waals surface area contributed by atoms with E-state index in [1.54, 1.807) is 34.1 Å². The fraction of sp³-hybridized carbons (Fsp3) is 0.444. The number of hydrogen-bond acceptors (Lipinski definition) is 6. The molecule has 2 heterocycles. The lowest BCUT2D eigenvalue weighted by Crippen LogP contribution is -2.54. The van der Waals surface area contributed by atoms with E-state index in [0.29, 0.717) is 67.6 Å². The maximum absolute atomic E-state index is 14.7. The van der Waals surface area contributed by atoms with Gasteiger partial charge in [0.2, 0.25) is 0 Å². The maximum Gasteiger partial charge on any atom is 0.326 e. The van der Waals surface area contributed by atoms with E-state index in [2.05, 4.69) is 20.8 Å². The van der Waals surface area contributed by atoms with E-state index in [1.807, 2.05) is 30.0 Å². The van der Waals surface area contributed by atoms with Crippen molar-refractivity contribution in [3.63, 3.8) is 0 Å². The summed E-state index contributed by atoms with van der Waals surface area (Å²) in [6, 6.07) is 16.5. The molecule has 1 saturated heterocycles. The minimum atomic E-state index is -3.11. The highest BCUT2D eigenvalue weighted by atomic mass is 35.5. The van der Waals surface area contributed by atoms with Crippen molar-refractivity contribution in [1.82, 2.24) is 14.7 Å². The van der Waals surface area contributed by atoms with Gasteiger partial charge in [-0.2, -0.15) is 0 Å². The second-order valence-corrected chi connectivity index (χ2v) is 15.2. The number of hydrogen-bond donors (Lipinski definition) is 0. The molecule has 3 aromatic carbocycles. The van der Waals surface area contributed by atoms with E-state index in [0.717, 1.165) is 5.56 Å². The molecule has 2 aliphatic rings. The lowest BCUT2D eigenvalue weighted by Gasteiger charge is -2.39. The third-order valence-corrected chi connectivity index (χ3v) is 9.43. The van der Waals surface area contributed by atoms with Crippen LogP contribution in [0.25, 0.3) is 0 Å². The van der Waals surface area contributed by atoms with E-state index in [-0.39, 0.29) is 42.8 Å². The van der Waals surface area contributed by atoms with Crippen LogP contribution in [0.1, 0.15) is 69.5 Å². The number of piperazine rings is 1. The molecule has 2 amide bonds. The molecule has 3 aromatic rings. The molecule has 262 valence electrons. The van der Waals surface area contributed by atoms with Gasteiger partial charge in [0, 0.05) is 39.0 Å². The minimum absolute atomic E-state index is 0. The Balaban J connectivity index is 0.00000312. The predicted molar refractivity (Wildman–Crippen MR) is 190 cm³/mol. The SMILES string of the molecule is C.CCOc1cc(C(C)(C)C)ccc1C1=N[C@@H](c2ccc(F)cc2)[C@@H](c2ccc(F)cc2)N1C(=O)N1CCN(CCS(C)(=O)=O)CC1.Cl. The lowest BCUT2D eigenvalue weighted by atomic mass is 9.86. The van der Waals surface area contributed by atoms with Gasteiger partial charge in [-0.25, -0.2) is 22.0 Å². The van der Waals surface area contributed by atoms with Crippen LogP contribution in [-0.2, 0) is 15.3 Å². The third kappa shape index (κ3) is 8.92. The second kappa shape index (κ2) is 15.8. The number of carbonyl (C=O) groups is 1. The lowest BCUT2D eigenvalue weighted by molar-refractivity contribution is 0.122. The normalized spacial score (nSPS) is 18.5. The van der Waals surface area contributed by atoms with Crippen LogP contribution in [0.5, 0.6) is 5.75 Å². The number of halogens is 3. The minimum Gasteiger partial charge on any atom is -0.493 e. The van der Waals surface area contributed by atoms with Crippen molar-refractivity contribution in [2.45, 2.75) is 52.6 Å². The summed E-state index contributed by atoms with van der Waals surface area (Å²) in [5.41, 5.74) is 2.94. The number of rotatable bonds is 8. The first-order valence-electron chi connectivity index (χ1n) is 15.6. The molecule has 5 rings (SSSR count). The van der Waals surface area contributed by atoms with Crippen molar-refractivity contribution < 1.29 is 26.7 Å². The van der Waals surface area contributed by atoms with Crippen LogP contribution in [0, 0.1) is 11.6 Å². The number of benzene rings is 3. The summed E-state index contributed by atoms with van der Waals surface area (Å²) in [5.74, 6) is 0.274. The largest absolute Gasteiger partial charge is 0.493 e. The first kappa shape index (κ1) is 38.9. The summed E-state index contributed by atoms with van der Waals surface area (Å²) in [6.07, 6.45) is 1.22. The number of amides is 2. The highest BCUT2D eigenvalue weighted by Crippen LogP contribution is 2.45. The van der Waals surface area contributed by atoms with Crippen LogP contribution in [0.15, 0.2) is 71.7 Å². The summed E-state index contributed by atoms with van der Waals surface area (Å²) < 4.78 is 57.8. The number of amidine groups is 1.